The highest BCUT2D eigenvalue weighted by molar-refractivity contribution is 7.89. The Morgan fingerprint density at radius 1 is 1.29 bits per heavy atom. The highest BCUT2D eigenvalue weighted by atomic mass is 32.2. The van der Waals surface area contributed by atoms with Crippen LogP contribution in [0.5, 0.6) is 0 Å². The zero-order valence-corrected chi connectivity index (χ0v) is 9.87. The molecule has 0 radical (unpaired) electrons. The topological polar surface area (TPSA) is 115 Å². The summed E-state index contributed by atoms with van der Waals surface area (Å²) >= 11 is 0. The van der Waals surface area contributed by atoms with Gasteiger partial charge in [0.05, 0.1) is 0 Å². The van der Waals surface area contributed by atoms with Gasteiger partial charge in [-0.3, -0.25) is 14.3 Å². The van der Waals surface area contributed by atoms with Crippen LogP contribution in [0.2, 0.25) is 0 Å². The number of aromatic amines is 1. The summed E-state index contributed by atoms with van der Waals surface area (Å²) in [5.74, 6) is 0. The zero-order valence-electron chi connectivity index (χ0n) is 9.05. The maximum absolute atomic E-state index is 11.6. The Kier molecular flexibility index (Phi) is 2.92. The Hall–Kier alpha value is -1.41. The molecular weight excluding hydrogens is 246 g/mol. The number of hydrogen-bond acceptors (Lipinski definition) is 4. The van der Waals surface area contributed by atoms with E-state index in [9.17, 15) is 18.0 Å². The van der Waals surface area contributed by atoms with Gasteiger partial charge in [-0.25, -0.2) is 18.4 Å². The van der Waals surface area contributed by atoms with E-state index in [0.29, 0.717) is 0 Å². The molecule has 7 nitrogen and oxygen atoms in total. The van der Waals surface area contributed by atoms with Gasteiger partial charge in [-0.1, -0.05) is 12.8 Å². The van der Waals surface area contributed by atoms with Crippen LogP contribution in [0.25, 0.3) is 0 Å². The van der Waals surface area contributed by atoms with Gasteiger partial charge in [-0.15, -0.1) is 0 Å². The lowest BCUT2D eigenvalue weighted by Crippen LogP contribution is -2.35. The van der Waals surface area contributed by atoms with Crippen molar-refractivity contribution < 1.29 is 8.42 Å². The lowest BCUT2D eigenvalue weighted by molar-refractivity contribution is 0.482. The molecule has 17 heavy (non-hydrogen) atoms. The quantitative estimate of drug-likeness (QED) is 0.730. The van der Waals surface area contributed by atoms with Gasteiger partial charge in [0, 0.05) is 12.2 Å². The van der Waals surface area contributed by atoms with Crippen molar-refractivity contribution in [3.05, 3.63) is 27.0 Å². The first-order valence-electron chi connectivity index (χ1n) is 5.28. The Morgan fingerprint density at radius 3 is 2.41 bits per heavy atom. The predicted molar refractivity (Wildman–Crippen MR) is 60.2 cm³/mol. The third kappa shape index (κ3) is 2.32. The number of aromatic nitrogens is 2. The number of primary sulfonamides is 1. The summed E-state index contributed by atoms with van der Waals surface area (Å²) < 4.78 is 23.6. The van der Waals surface area contributed by atoms with E-state index in [2.05, 4.69) is 0 Å². The summed E-state index contributed by atoms with van der Waals surface area (Å²) in [6.45, 7) is 0. The van der Waals surface area contributed by atoms with Crippen LogP contribution >= 0.6 is 0 Å². The van der Waals surface area contributed by atoms with Crippen LogP contribution in [-0.2, 0) is 10.0 Å². The highest BCUT2D eigenvalue weighted by Crippen LogP contribution is 2.27. The van der Waals surface area contributed by atoms with E-state index in [1.807, 2.05) is 4.98 Å². The molecule has 1 saturated carbocycles. The van der Waals surface area contributed by atoms with Crippen molar-refractivity contribution in [3.8, 4) is 0 Å². The molecule has 0 amide bonds. The van der Waals surface area contributed by atoms with Crippen LogP contribution in [0.15, 0.2) is 20.7 Å². The maximum Gasteiger partial charge on any atom is 0.328 e. The third-order valence-electron chi connectivity index (χ3n) is 2.96. The number of sulfonamides is 1. The normalized spacial score (nSPS) is 17.5. The summed E-state index contributed by atoms with van der Waals surface area (Å²) in [6, 6.07) is -0.0557. The fourth-order valence-electron chi connectivity index (χ4n) is 2.12. The second kappa shape index (κ2) is 4.11. The third-order valence-corrected chi connectivity index (χ3v) is 3.86. The van der Waals surface area contributed by atoms with E-state index in [1.165, 1.54) is 4.57 Å². The second-order valence-electron chi connectivity index (χ2n) is 4.14. The molecule has 1 aliphatic rings. The standard InChI is InChI=1S/C9H13N3O4S/c10-17(15,16)7-5-12(6-3-1-2-4-6)9(14)11-8(7)13/h5-6H,1-4H2,(H2,10,15,16)(H,11,13,14). The van der Waals surface area contributed by atoms with Crippen LogP contribution in [-0.4, -0.2) is 18.0 Å². The molecular formula is C9H13N3O4S. The molecule has 94 valence electrons. The van der Waals surface area contributed by atoms with E-state index < -0.39 is 26.2 Å². The average Bonchev–Trinajstić information content (AvgIpc) is 2.68. The number of rotatable bonds is 2. The molecule has 0 unspecified atom stereocenters. The molecule has 8 heteroatoms. The van der Waals surface area contributed by atoms with Gasteiger partial charge in [0.2, 0.25) is 10.0 Å². The van der Waals surface area contributed by atoms with E-state index in [0.717, 1.165) is 31.9 Å². The molecule has 0 aromatic carbocycles. The van der Waals surface area contributed by atoms with Crippen LogP contribution < -0.4 is 16.4 Å². The van der Waals surface area contributed by atoms with Crippen molar-refractivity contribution in [3.63, 3.8) is 0 Å². The molecule has 1 aliphatic carbocycles. The van der Waals surface area contributed by atoms with Gasteiger partial charge >= 0.3 is 5.69 Å². The molecule has 3 N–H and O–H groups in total. The molecule has 0 aliphatic heterocycles. The molecule has 1 fully saturated rings. The van der Waals surface area contributed by atoms with Crippen molar-refractivity contribution >= 4 is 10.0 Å². The van der Waals surface area contributed by atoms with E-state index in [-0.39, 0.29) is 6.04 Å². The Balaban J connectivity index is 2.61. The molecule has 1 aromatic rings. The Morgan fingerprint density at radius 2 is 1.88 bits per heavy atom. The zero-order chi connectivity index (χ0) is 12.6. The van der Waals surface area contributed by atoms with Gasteiger partial charge < -0.3 is 0 Å². The summed E-state index contributed by atoms with van der Waals surface area (Å²) in [6.07, 6.45) is 4.63. The minimum absolute atomic E-state index is 0.0557. The fraction of sp³-hybridized carbons (Fsp3) is 0.556. The monoisotopic (exact) mass is 259 g/mol. The van der Waals surface area contributed by atoms with Gasteiger partial charge in [0.15, 0.2) is 4.90 Å². The largest absolute Gasteiger partial charge is 0.328 e. The second-order valence-corrected chi connectivity index (χ2v) is 5.67. The number of hydrogen-bond donors (Lipinski definition) is 2. The van der Waals surface area contributed by atoms with Gasteiger partial charge in [0.25, 0.3) is 5.56 Å². The average molecular weight is 259 g/mol. The summed E-state index contributed by atoms with van der Waals surface area (Å²) in [4.78, 5) is 24.3. The lowest BCUT2D eigenvalue weighted by Gasteiger charge is -2.13. The molecule has 1 aromatic heterocycles. The molecule has 0 spiro atoms. The Bertz CT molecular complexity index is 637. The summed E-state index contributed by atoms with van der Waals surface area (Å²) in [5, 5.41) is 4.91. The minimum atomic E-state index is -4.11. The van der Waals surface area contributed by atoms with Gasteiger partial charge in [0.1, 0.15) is 0 Å². The maximum atomic E-state index is 11.6. The summed E-state index contributed by atoms with van der Waals surface area (Å²) in [7, 11) is -4.11. The SMILES string of the molecule is NS(=O)(=O)c1cn(C2CCCC2)c(=O)[nH]c1=O. The number of nitrogens with zero attached hydrogens (tertiary/aromatic N) is 1. The fourth-order valence-corrected chi connectivity index (χ4v) is 2.69. The van der Waals surface area contributed by atoms with Crippen molar-refractivity contribution in [2.45, 2.75) is 36.6 Å². The lowest BCUT2D eigenvalue weighted by atomic mass is 10.2. The van der Waals surface area contributed by atoms with E-state index >= 15 is 0 Å². The minimum Gasteiger partial charge on any atom is -0.296 e. The van der Waals surface area contributed by atoms with E-state index in [4.69, 9.17) is 5.14 Å². The molecule has 2 rings (SSSR count). The molecule has 1 heterocycles. The van der Waals surface area contributed by atoms with Crippen molar-refractivity contribution in [2.75, 3.05) is 0 Å². The Labute approximate surface area is 97.3 Å². The highest BCUT2D eigenvalue weighted by Gasteiger charge is 2.22. The molecule has 0 atom stereocenters. The van der Waals surface area contributed by atoms with Crippen LogP contribution in [0.1, 0.15) is 31.7 Å². The van der Waals surface area contributed by atoms with Gasteiger partial charge in [-0.05, 0) is 12.8 Å². The predicted octanol–water partition coefficient (Wildman–Crippen LogP) is -0.701. The van der Waals surface area contributed by atoms with Crippen LogP contribution in [0.3, 0.4) is 0 Å². The molecule has 0 bridgehead atoms. The first-order valence-corrected chi connectivity index (χ1v) is 6.82. The number of nitrogens with one attached hydrogen (secondary N) is 1. The molecule has 0 saturated heterocycles. The first kappa shape index (κ1) is 12.1. The van der Waals surface area contributed by atoms with Gasteiger partial charge in [-0.2, -0.15) is 0 Å². The smallest absolute Gasteiger partial charge is 0.296 e. The number of nitrogens with two attached hydrogens (primary N) is 1. The number of H-pyrrole nitrogens is 1. The van der Waals surface area contributed by atoms with Crippen molar-refractivity contribution in [2.24, 2.45) is 5.14 Å². The van der Waals surface area contributed by atoms with Crippen molar-refractivity contribution in [1.82, 2.24) is 9.55 Å². The van der Waals surface area contributed by atoms with Crippen LogP contribution in [0.4, 0.5) is 0 Å². The summed E-state index contributed by atoms with van der Waals surface area (Å²) in [5.41, 5.74) is -1.55. The van der Waals surface area contributed by atoms with Crippen LogP contribution in [0, 0.1) is 0 Å². The first-order chi connectivity index (χ1) is 7.89. The van der Waals surface area contributed by atoms with E-state index in [1.54, 1.807) is 0 Å². The van der Waals surface area contributed by atoms with Crippen molar-refractivity contribution in [1.29, 1.82) is 0 Å².